The molecule has 1 aromatic rings. The van der Waals surface area contributed by atoms with Crippen molar-refractivity contribution in [2.75, 3.05) is 31.9 Å². The van der Waals surface area contributed by atoms with E-state index in [4.69, 9.17) is 5.73 Å². The smallest absolute Gasteiger partial charge is 0.240 e. The van der Waals surface area contributed by atoms with Gasteiger partial charge in [0.25, 0.3) is 0 Å². The number of nitrogens with one attached hydrogen (secondary N) is 1. The molecule has 0 atom stereocenters. The van der Waals surface area contributed by atoms with Gasteiger partial charge in [-0.3, -0.25) is 0 Å². The van der Waals surface area contributed by atoms with E-state index in [2.05, 4.69) is 39.4 Å². The van der Waals surface area contributed by atoms with Crippen LogP contribution >= 0.6 is 15.9 Å². The van der Waals surface area contributed by atoms with E-state index in [9.17, 15) is 8.42 Å². The largest absolute Gasteiger partial charge is 0.398 e. The zero-order chi connectivity index (χ0) is 16.0. The van der Waals surface area contributed by atoms with E-state index in [1.165, 1.54) is 6.07 Å². The highest BCUT2D eigenvalue weighted by molar-refractivity contribution is 9.10. The van der Waals surface area contributed by atoms with Crippen molar-refractivity contribution in [2.45, 2.75) is 32.1 Å². The van der Waals surface area contributed by atoms with Crippen molar-refractivity contribution in [3.8, 4) is 0 Å². The van der Waals surface area contributed by atoms with Crippen LogP contribution in [0.2, 0.25) is 0 Å². The Balaban J connectivity index is 2.76. The fourth-order valence-electron chi connectivity index (χ4n) is 2.12. The Bertz CT molecular complexity index is 576. The SMILES string of the molecule is CCCN(CC)CCNS(=O)(=O)c1cc(N)c(Br)cc1C. The molecule has 7 heteroatoms. The highest BCUT2D eigenvalue weighted by Gasteiger charge is 2.18. The van der Waals surface area contributed by atoms with E-state index in [1.807, 2.05) is 0 Å². The van der Waals surface area contributed by atoms with Crippen molar-refractivity contribution < 1.29 is 8.42 Å². The number of halogens is 1. The van der Waals surface area contributed by atoms with Crippen molar-refractivity contribution in [1.29, 1.82) is 0 Å². The van der Waals surface area contributed by atoms with Gasteiger partial charge in [-0.25, -0.2) is 13.1 Å². The van der Waals surface area contributed by atoms with Crippen LogP contribution < -0.4 is 10.5 Å². The number of nitrogen functional groups attached to an aromatic ring is 1. The van der Waals surface area contributed by atoms with E-state index in [1.54, 1.807) is 13.0 Å². The maximum absolute atomic E-state index is 12.3. The lowest BCUT2D eigenvalue weighted by atomic mass is 10.2. The summed E-state index contributed by atoms with van der Waals surface area (Å²) < 4.78 is 28.0. The molecule has 1 aromatic carbocycles. The summed E-state index contributed by atoms with van der Waals surface area (Å²) in [5, 5.41) is 0. The zero-order valence-corrected chi connectivity index (χ0v) is 15.2. The molecule has 0 fully saturated rings. The molecule has 0 heterocycles. The van der Waals surface area contributed by atoms with Crippen LogP contribution in [-0.4, -0.2) is 39.5 Å². The third-order valence-corrected chi connectivity index (χ3v) is 5.58. The monoisotopic (exact) mass is 377 g/mol. The van der Waals surface area contributed by atoms with E-state index in [0.29, 0.717) is 28.8 Å². The predicted octanol–water partition coefficient (Wildman–Crippen LogP) is 2.35. The third-order valence-electron chi connectivity index (χ3n) is 3.29. The Kier molecular flexibility index (Phi) is 7.12. The molecule has 120 valence electrons. The van der Waals surface area contributed by atoms with Gasteiger partial charge in [0.05, 0.1) is 4.90 Å². The molecule has 0 bridgehead atoms. The van der Waals surface area contributed by atoms with Gasteiger partial charge < -0.3 is 10.6 Å². The van der Waals surface area contributed by atoms with Crippen LogP contribution in [0.5, 0.6) is 0 Å². The zero-order valence-electron chi connectivity index (χ0n) is 12.8. The molecule has 0 amide bonds. The summed E-state index contributed by atoms with van der Waals surface area (Å²) in [6, 6.07) is 3.21. The minimum Gasteiger partial charge on any atom is -0.398 e. The molecule has 0 saturated heterocycles. The van der Waals surface area contributed by atoms with E-state index < -0.39 is 10.0 Å². The van der Waals surface area contributed by atoms with Gasteiger partial charge >= 0.3 is 0 Å². The van der Waals surface area contributed by atoms with Gasteiger partial charge in [0, 0.05) is 23.2 Å². The van der Waals surface area contributed by atoms with Crippen LogP contribution in [0.25, 0.3) is 0 Å². The summed E-state index contributed by atoms with van der Waals surface area (Å²) in [5.41, 5.74) is 6.87. The number of rotatable bonds is 8. The van der Waals surface area contributed by atoms with Crippen molar-refractivity contribution >= 4 is 31.6 Å². The number of nitrogens with two attached hydrogens (primary N) is 1. The summed E-state index contributed by atoms with van der Waals surface area (Å²) in [6.45, 7) is 8.93. The molecule has 0 aliphatic carbocycles. The maximum Gasteiger partial charge on any atom is 0.240 e. The molecule has 1 rings (SSSR count). The lowest BCUT2D eigenvalue weighted by Crippen LogP contribution is -2.35. The fraction of sp³-hybridized carbons (Fsp3) is 0.571. The number of hydrogen-bond donors (Lipinski definition) is 2. The number of anilines is 1. The quantitative estimate of drug-likeness (QED) is 0.681. The topological polar surface area (TPSA) is 75.4 Å². The molecular weight excluding hydrogens is 354 g/mol. The molecule has 0 saturated carbocycles. The Labute approximate surface area is 136 Å². The van der Waals surface area contributed by atoms with Gasteiger partial charge in [-0.2, -0.15) is 0 Å². The minimum absolute atomic E-state index is 0.238. The van der Waals surface area contributed by atoms with Crippen LogP contribution in [0.1, 0.15) is 25.8 Å². The number of nitrogens with zero attached hydrogens (tertiary/aromatic N) is 1. The molecule has 0 aromatic heterocycles. The summed E-state index contributed by atoms with van der Waals surface area (Å²) >= 11 is 3.30. The summed E-state index contributed by atoms with van der Waals surface area (Å²) in [5.74, 6) is 0. The van der Waals surface area contributed by atoms with Gasteiger partial charge in [0.2, 0.25) is 10.0 Å². The number of likely N-dealkylation sites (N-methyl/N-ethyl adjacent to an activating group) is 1. The molecule has 0 unspecified atom stereocenters. The molecule has 0 aliphatic rings. The highest BCUT2D eigenvalue weighted by atomic mass is 79.9. The number of sulfonamides is 1. The number of hydrogen-bond acceptors (Lipinski definition) is 4. The fourth-order valence-corrected chi connectivity index (χ4v) is 3.86. The second-order valence-corrected chi connectivity index (χ2v) is 7.56. The molecule has 0 aliphatic heterocycles. The Morgan fingerprint density at radius 3 is 2.52 bits per heavy atom. The molecule has 3 N–H and O–H groups in total. The average molecular weight is 378 g/mol. The Hall–Kier alpha value is -0.630. The van der Waals surface area contributed by atoms with Gasteiger partial charge in [-0.05, 0) is 60.1 Å². The van der Waals surface area contributed by atoms with Crippen LogP contribution in [-0.2, 0) is 10.0 Å². The van der Waals surface area contributed by atoms with Crippen LogP contribution in [0.15, 0.2) is 21.5 Å². The standard InChI is InChI=1S/C14H24BrN3O2S/c1-4-7-18(5-2)8-6-17-21(19,20)14-10-13(16)12(15)9-11(14)3/h9-10,17H,4-8,16H2,1-3H3. The van der Waals surface area contributed by atoms with E-state index in [0.717, 1.165) is 19.5 Å². The van der Waals surface area contributed by atoms with Crippen molar-refractivity contribution in [1.82, 2.24) is 9.62 Å². The van der Waals surface area contributed by atoms with E-state index >= 15 is 0 Å². The average Bonchev–Trinajstić information content (AvgIpc) is 2.41. The van der Waals surface area contributed by atoms with Gasteiger partial charge in [0.15, 0.2) is 0 Å². The van der Waals surface area contributed by atoms with Crippen LogP contribution in [0.3, 0.4) is 0 Å². The first kappa shape index (κ1) is 18.4. The van der Waals surface area contributed by atoms with Crippen molar-refractivity contribution in [3.05, 3.63) is 22.2 Å². The third kappa shape index (κ3) is 5.25. The number of aryl methyl sites for hydroxylation is 1. The van der Waals surface area contributed by atoms with Gasteiger partial charge in [-0.15, -0.1) is 0 Å². The second-order valence-electron chi connectivity index (χ2n) is 4.97. The lowest BCUT2D eigenvalue weighted by Gasteiger charge is -2.19. The second kappa shape index (κ2) is 8.12. The molecular formula is C14H24BrN3O2S. The van der Waals surface area contributed by atoms with Crippen LogP contribution in [0, 0.1) is 6.92 Å². The maximum atomic E-state index is 12.3. The highest BCUT2D eigenvalue weighted by Crippen LogP contribution is 2.26. The summed E-state index contributed by atoms with van der Waals surface area (Å²) in [6.07, 6.45) is 1.06. The lowest BCUT2D eigenvalue weighted by molar-refractivity contribution is 0.293. The van der Waals surface area contributed by atoms with Gasteiger partial charge in [0.1, 0.15) is 0 Å². The normalized spacial score (nSPS) is 12.0. The minimum atomic E-state index is -3.53. The summed E-state index contributed by atoms with van der Waals surface area (Å²) in [4.78, 5) is 2.45. The molecule has 0 spiro atoms. The van der Waals surface area contributed by atoms with Crippen molar-refractivity contribution in [3.63, 3.8) is 0 Å². The predicted molar refractivity (Wildman–Crippen MR) is 90.9 cm³/mol. The number of benzene rings is 1. The Morgan fingerprint density at radius 2 is 1.95 bits per heavy atom. The van der Waals surface area contributed by atoms with Crippen LogP contribution in [0.4, 0.5) is 5.69 Å². The molecule has 5 nitrogen and oxygen atoms in total. The molecule has 21 heavy (non-hydrogen) atoms. The van der Waals surface area contributed by atoms with E-state index in [-0.39, 0.29) is 4.90 Å². The first-order chi connectivity index (χ1) is 9.81. The van der Waals surface area contributed by atoms with Crippen molar-refractivity contribution in [2.24, 2.45) is 0 Å². The Morgan fingerprint density at radius 1 is 1.29 bits per heavy atom. The van der Waals surface area contributed by atoms with Gasteiger partial charge in [-0.1, -0.05) is 13.8 Å². The molecule has 0 radical (unpaired) electrons. The first-order valence-electron chi connectivity index (χ1n) is 7.09. The summed E-state index contributed by atoms with van der Waals surface area (Å²) in [7, 11) is -3.53. The first-order valence-corrected chi connectivity index (χ1v) is 9.37.